The molecule has 1 amide bonds. The smallest absolute Gasteiger partial charge is 0.225 e. The third kappa shape index (κ3) is 4.25. The maximum Gasteiger partial charge on any atom is 0.225 e. The number of carbonyl (C=O) groups excluding carboxylic acids is 1. The first kappa shape index (κ1) is 22.8. The fourth-order valence-corrected chi connectivity index (χ4v) is 5.28. The highest BCUT2D eigenvalue weighted by Crippen LogP contribution is 2.37. The molecule has 194 valence electrons. The number of fused-ring (bicyclic) bond motifs is 2. The number of rotatable bonds is 5. The Morgan fingerprint density at radius 1 is 1.00 bits per heavy atom. The standard InChI is InChI=1S/C28H28N6O4/c35-20-6-7-21-22(15-20)34(26(31-21)18-5-8-23-24(14-18)38-13-12-37-23)25-9-10-29-28(32-25)30-19-2-1-11-33(16-19)27(36)17-3-4-17/h5-10,14-15,17,19,35H,1-4,11-13,16H2,(H,29,30,32)/t19-/m0/s1. The normalized spacial score (nSPS) is 18.9. The van der Waals surface area contributed by atoms with Crippen molar-refractivity contribution in [2.24, 2.45) is 5.92 Å². The molecule has 1 atom stereocenters. The van der Waals surface area contributed by atoms with Crippen LogP contribution in [0, 0.1) is 5.92 Å². The average Bonchev–Trinajstić information content (AvgIpc) is 3.73. The first-order chi connectivity index (χ1) is 18.6. The van der Waals surface area contributed by atoms with Crippen molar-refractivity contribution >= 4 is 22.9 Å². The van der Waals surface area contributed by atoms with Gasteiger partial charge in [-0.05, 0) is 62.1 Å². The van der Waals surface area contributed by atoms with Gasteiger partial charge in [0, 0.05) is 42.9 Å². The van der Waals surface area contributed by atoms with Gasteiger partial charge in [-0.2, -0.15) is 4.98 Å². The van der Waals surface area contributed by atoms with Crippen molar-refractivity contribution in [1.82, 2.24) is 24.4 Å². The SMILES string of the molecule is O=C(C1CC1)N1CCC[C@H](Nc2nccc(-n3c(-c4ccc5c(c4)OCCO5)nc4ccc(O)cc43)n2)C1. The predicted molar refractivity (Wildman–Crippen MR) is 141 cm³/mol. The Morgan fingerprint density at radius 2 is 1.87 bits per heavy atom. The van der Waals surface area contributed by atoms with Crippen molar-refractivity contribution in [2.45, 2.75) is 31.7 Å². The number of nitrogens with one attached hydrogen (secondary N) is 1. The van der Waals surface area contributed by atoms with Gasteiger partial charge in [0.2, 0.25) is 11.9 Å². The number of phenolic OH excluding ortho intramolecular Hbond substituents is 1. The predicted octanol–water partition coefficient (Wildman–Crippen LogP) is 3.77. The van der Waals surface area contributed by atoms with E-state index >= 15 is 0 Å². The quantitative estimate of drug-likeness (QED) is 0.415. The Labute approximate surface area is 219 Å². The van der Waals surface area contributed by atoms with Gasteiger partial charge < -0.3 is 24.8 Å². The largest absolute Gasteiger partial charge is 0.508 e. The van der Waals surface area contributed by atoms with Gasteiger partial charge in [-0.25, -0.2) is 9.97 Å². The summed E-state index contributed by atoms with van der Waals surface area (Å²) in [5, 5.41) is 13.7. The lowest BCUT2D eigenvalue weighted by Crippen LogP contribution is -2.45. The molecule has 0 radical (unpaired) electrons. The number of likely N-dealkylation sites (tertiary alicyclic amines) is 1. The van der Waals surface area contributed by atoms with Crippen LogP contribution in [0.4, 0.5) is 5.95 Å². The van der Waals surface area contributed by atoms with Gasteiger partial charge >= 0.3 is 0 Å². The Kier molecular flexibility index (Phi) is 5.52. The summed E-state index contributed by atoms with van der Waals surface area (Å²) in [4.78, 5) is 28.8. The van der Waals surface area contributed by atoms with Crippen molar-refractivity contribution in [1.29, 1.82) is 0 Å². The third-order valence-electron chi connectivity index (χ3n) is 7.30. The topological polar surface area (TPSA) is 115 Å². The van der Waals surface area contributed by atoms with E-state index in [0.29, 0.717) is 48.8 Å². The number of anilines is 1. The molecule has 3 aliphatic rings. The second-order valence-corrected chi connectivity index (χ2v) is 10.1. The molecular formula is C28H28N6O4. The number of ether oxygens (including phenoxy) is 2. The minimum absolute atomic E-state index is 0.0857. The molecule has 4 aromatic rings. The van der Waals surface area contributed by atoms with E-state index in [1.165, 1.54) is 0 Å². The zero-order valence-electron chi connectivity index (χ0n) is 20.8. The van der Waals surface area contributed by atoms with E-state index in [2.05, 4.69) is 10.3 Å². The minimum Gasteiger partial charge on any atom is -0.508 e. The highest BCUT2D eigenvalue weighted by atomic mass is 16.6. The number of imidazole rings is 1. The van der Waals surface area contributed by atoms with Crippen LogP contribution in [0.2, 0.25) is 0 Å². The molecule has 1 aliphatic carbocycles. The molecule has 1 saturated heterocycles. The molecule has 4 heterocycles. The van der Waals surface area contributed by atoms with Crippen molar-refractivity contribution in [2.75, 3.05) is 31.6 Å². The summed E-state index contributed by atoms with van der Waals surface area (Å²) in [6, 6.07) is 12.7. The Morgan fingerprint density at radius 3 is 2.74 bits per heavy atom. The first-order valence-corrected chi connectivity index (χ1v) is 13.1. The minimum atomic E-state index is 0.0857. The van der Waals surface area contributed by atoms with Gasteiger partial charge in [0.1, 0.15) is 30.6 Å². The molecule has 2 fully saturated rings. The van der Waals surface area contributed by atoms with Crippen LogP contribution >= 0.6 is 0 Å². The van der Waals surface area contributed by atoms with Crippen LogP contribution in [0.3, 0.4) is 0 Å². The van der Waals surface area contributed by atoms with E-state index in [1.807, 2.05) is 33.7 Å². The number of amides is 1. The summed E-state index contributed by atoms with van der Waals surface area (Å²) >= 11 is 0. The number of aromatic hydroxyl groups is 1. The van der Waals surface area contributed by atoms with Crippen LogP contribution in [-0.4, -0.2) is 67.8 Å². The number of aromatic nitrogens is 4. The summed E-state index contributed by atoms with van der Waals surface area (Å²) in [7, 11) is 0. The fourth-order valence-electron chi connectivity index (χ4n) is 5.28. The van der Waals surface area contributed by atoms with Crippen molar-refractivity contribution < 1.29 is 19.4 Å². The number of phenols is 1. The number of piperidine rings is 1. The monoisotopic (exact) mass is 512 g/mol. The lowest BCUT2D eigenvalue weighted by Gasteiger charge is -2.33. The second-order valence-electron chi connectivity index (χ2n) is 10.1. The van der Waals surface area contributed by atoms with Gasteiger partial charge in [0.05, 0.1) is 11.0 Å². The Balaban J connectivity index is 1.24. The lowest BCUT2D eigenvalue weighted by molar-refractivity contribution is -0.133. The van der Waals surface area contributed by atoms with Crippen molar-refractivity contribution in [3.8, 4) is 34.5 Å². The van der Waals surface area contributed by atoms with Crippen molar-refractivity contribution in [3.63, 3.8) is 0 Å². The van der Waals surface area contributed by atoms with Gasteiger partial charge in [-0.3, -0.25) is 9.36 Å². The fraction of sp³-hybridized carbons (Fsp3) is 0.357. The molecule has 2 aromatic carbocycles. The molecule has 2 aromatic heterocycles. The van der Waals surface area contributed by atoms with E-state index in [9.17, 15) is 9.90 Å². The molecule has 0 bridgehead atoms. The van der Waals surface area contributed by atoms with Crippen LogP contribution in [-0.2, 0) is 4.79 Å². The maximum absolute atomic E-state index is 12.6. The van der Waals surface area contributed by atoms with Crippen molar-refractivity contribution in [3.05, 3.63) is 48.7 Å². The van der Waals surface area contributed by atoms with Gasteiger partial charge in [0.25, 0.3) is 0 Å². The van der Waals surface area contributed by atoms with E-state index in [1.54, 1.807) is 24.4 Å². The lowest BCUT2D eigenvalue weighted by atomic mass is 10.1. The summed E-state index contributed by atoms with van der Waals surface area (Å²) < 4.78 is 13.4. The molecule has 0 unspecified atom stereocenters. The zero-order valence-corrected chi connectivity index (χ0v) is 20.8. The second kappa shape index (κ2) is 9.20. The number of hydrogen-bond acceptors (Lipinski definition) is 8. The highest BCUT2D eigenvalue weighted by molar-refractivity contribution is 5.84. The summed E-state index contributed by atoms with van der Waals surface area (Å²) in [6.45, 7) is 2.49. The van der Waals surface area contributed by atoms with Crippen LogP contribution in [0.15, 0.2) is 48.7 Å². The zero-order chi connectivity index (χ0) is 25.6. The summed E-state index contributed by atoms with van der Waals surface area (Å²) in [6.07, 6.45) is 5.64. The van der Waals surface area contributed by atoms with Crippen LogP contribution < -0.4 is 14.8 Å². The number of benzene rings is 2. The van der Waals surface area contributed by atoms with Gasteiger partial charge in [-0.15, -0.1) is 0 Å². The molecule has 0 spiro atoms. The van der Waals surface area contributed by atoms with E-state index in [4.69, 9.17) is 19.4 Å². The molecule has 7 rings (SSSR count). The maximum atomic E-state index is 12.6. The molecule has 2 N–H and O–H groups in total. The highest BCUT2D eigenvalue weighted by Gasteiger charge is 2.35. The molecule has 10 nitrogen and oxygen atoms in total. The number of nitrogens with zero attached hydrogens (tertiary/aromatic N) is 5. The molecule has 10 heteroatoms. The third-order valence-corrected chi connectivity index (χ3v) is 7.30. The average molecular weight is 513 g/mol. The van der Waals surface area contributed by atoms with E-state index in [-0.39, 0.29) is 23.6 Å². The summed E-state index contributed by atoms with van der Waals surface area (Å²) in [5.74, 6) is 3.77. The molecule has 38 heavy (non-hydrogen) atoms. The Hall–Kier alpha value is -4.34. The van der Waals surface area contributed by atoms with E-state index in [0.717, 1.165) is 48.8 Å². The number of hydrogen-bond donors (Lipinski definition) is 2. The molecular weight excluding hydrogens is 484 g/mol. The van der Waals surface area contributed by atoms with Crippen LogP contribution in [0.25, 0.3) is 28.2 Å². The number of carbonyl (C=O) groups is 1. The van der Waals surface area contributed by atoms with Gasteiger partial charge in [-0.1, -0.05) is 0 Å². The van der Waals surface area contributed by atoms with Crippen LogP contribution in [0.5, 0.6) is 17.2 Å². The Bertz CT molecular complexity index is 1530. The molecule has 1 saturated carbocycles. The van der Waals surface area contributed by atoms with Gasteiger partial charge in [0.15, 0.2) is 11.5 Å². The first-order valence-electron chi connectivity index (χ1n) is 13.1. The summed E-state index contributed by atoms with van der Waals surface area (Å²) in [5.41, 5.74) is 2.28. The van der Waals surface area contributed by atoms with Crippen LogP contribution in [0.1, 0.15) is 25.7 Å². The van der Waals surface area contributed by atoms with E-state index < -0.39 is 0 Å². The molecule has 2 aliphatic heterocycles.